The summed E-state index contributed by atoms with van der Waals surface area (Å²) in [5.41, 5.74) is 4.34. The molecule has 28 heavy (non-hydrogen) atoms. The van der Waals surface area contributed by atoms with Crippen LogP contribution in [0.25, 0.3) is 0 Å². The zero-order chi connectivity index (χ0) is 21.2. The first-order valence-corrected chi connectivity index (χ1v) is 11.3. The molecule has 0 aromatic heterocycles. The highest BCUT2D eigenvalue weighted by Crippen LogP contribution is 2.28. The van der Waals surface area contributed by atoms with Gasteiger partial charge in [-0.05, 0) is 63.4 Å². The largest absolute Gasteiger partial charge is 0.348 e. The Labute approximate surface area is 172 Å². The maximum absolute atomic E-state index is 12.9. The van der Waals surface area contributed by atoms with Gasteiger partial charge in [0.05, 0.1) is 18.0 Å². The number of nitrogens with zero attached hydrogens (tertiary/aromatic N) is 1. The lowest BCUT2D eigenvalue weighted by Crippen LogP contribution is -2.48. The first kappa shape index (κ1) is 22.2. The molecule has 2 aromatic carbocycles. The highest BCUT2D eigenvalue weighted by atomic mass is 35.5. The van der Waals surface area contributed by atoms with E-state index in [1.165, 1.54) is 0 Å². The van der Waals surface area contributed by atoms with Gasteiger partial charge in [-0.15, -0.1) is 0 Å². The van der Waals surface area contributed by atoms with E-state index in [1.54, 1.807) is 32.0 Å². The highest BCUT2D eigenvalue weighted by molar-refractivity contribution is 7.92. The van der Waals surface area contributed by atoms with Crippen LogP contribution in [0.1, 0.15) is 42.1 Å². The molecular formula is C21H27ClN2O3S. The number of anilines is 1. The second-order valence-corrected chi connectivity index (χ2v) is 9.55. The van der Waals surface area contributed by atoms with E-state index in [2.05, 4.69) is 11.4 Å². The van der Waals surface area contributed by atoms with Crippen LogP contribution >= 0.6 is 11.6 Å². The van der Waals surface area contributed by atoms with Crippen LogP contribution < -0.4 is 9.62 Å². The van der Waals surface area contributed by atoms with Gasteiger partial charge in [-0.2, -0.15) is 0 Å². The van der Waals surface area contributed by atoms with Crippen molar-refractivity contribution in [3.8, 4) is 0 Å². The average Bonchev–Trinajstić information content (AvgIpc) is 2.56. The Hall–Kier alpha value is -2.05. The molecule has 2 aromatic rings. The minimum Gasteiger partial charge on any atom is -0.348 e. The predicted octanol–water partition coefficient (Wildman–Crippen LogP) is 4.30. The smallest absolute Gasteiger partial charge is 0.244 e. The summed E-state index contributed by atoms with van der Waals surface area (Å²) in [6.07, 6.45) is 1.09. The average molecular weight is 423 g/mol. The normalized spacial score (nSPS) is 13.7. The summed E-state index contributed by atoms with van der Waals surface area (Å²) in [5, 5.41) is 3.34. The SMILES string of the molecule is Cc1ccc([C@H](C)NC(=O)[C@@H](C)N(c2cc(Cl)ccc2C)S(C)(=O)=O)c(C)c1. The molecule has 1 amide bonds. The van der Waals surface area contributed by atoms with Crippen LogP contribution in [0.4, 0.5) is 5.69 Å². The molecule has 2 atom stereocenters. The molecule has 0 unspecified atom stereocenters. The van der Waals surface area contributed by atoms with Gasteiger partial charge in [0.15, 0.2) is 0 Å². The first-order chi connectivity index (χ1) is 12.9. The van der Waals surface area contributed by atoms with E-state index in [1.807, 2.05) is 32.9 Å². The van der Waals surface area contributed by atoms with Crippen molar-refractivity contribution in [3.05, 3.63) is 63.7 Å². The van der Waals surface area contributed by atoms with E-state index in [0.717, 1.165) is 32.8 Å². The second-order valence-electron chi connectivity index (χ2n) is 7.26. The van der Waals surface area contributed by atoms with Crippen LogP contribution in [-0.4, -0.2) is 26.6 Å². The zero-order valence-electron chi connectivity index (χ0n) is 17.1. The van der Waals surface area contributed by atoms with E-state index in [9.17, 15) is 13.2 Å². The lowest BCUT2D eigenvalue weighted by atomic mass is 10.00. The van der Waals surface area contributed by atoms with Gasteiger partial charge in [-0.25, -0.2) is 8.42 Å². The van der Waals surface area contributed by atoms with Gasteiger partial charge in [0.1, 0.15) is 6.04 Å². The maximum Gasteiger partial charge on any atom is 0.244 e. The summed E-state index contributed by atoms with van der Waals surface area (Å²) in [7, 11) is -3.70. The zero-order valence-corrected chi connectivity index (χ0v) is 18.6. The summed E-state index contributed by atoms with van der Waals surface area (Å²) < 4.78 is 26.1. The third-order valence-corrected chi connectivity index (χ3v) is 6.21. The molecule has 2 rings (SSSR count). The molecule has 1 N–H and O–H groups in total. The van der Waals surface area contributed by atoms with Crippen molar-refractivity contribution in [2.24, 2.45) is 0 Å². The van der Waals surface area contributed by atoms with Crippen molar-refractivity contribution in [1.82, 2.24) is 5.32 Å². The number of hydrogen-bond acceptors (Lipinski definition) is 3. The number of hydrogen-bond donors (Lipinski definition) is 1. The Balaban J connectivity index is 2.33. The molecule has 0 heterocycles. The number of amides is 1. The maximum atomic E-state index is 12.9. The van der Waals surface area contributed by atoms with Gasteiger partial charge in [-0.3, -0.25) is 9.10 Å². The second kappa shape index (κ2) is 8.53. The van der Waals surface area contributed by atoms with Crippen LogP contribution in [0, 0.1) is 20.8 Å². The fourth-order valence-electron chi connectivity index (χ4n) is 3.32. The minimum absolute atomic E-state index is 0.252. The van der Waals surface area contributed by atoms with E-state index < -0.39 is 16.1 Å². The predicted molar refractivity (Wildman–Crippen MR) is 115 cm³/mol. The van der Waals surface area contributed by atoms with E-state index in [0.29, 0.717) is 10.7 Å². The Kier molecular flexibility index (Phi) is 6.78. The van der Waals surface area contributed by atoms with Crippen molar-refractivity contribution in [2.75, 3.05) is 10.6 Å². The molecule has 0 aliphatic rings. The first-order valence-electron chi connectivity index (χ1n) is 9.05. The number of carbonyl (C=O) groups is 1. The number of nitrogens with one attached hydrogen (secondary N) is 1. The Morgan fingerprint density at radius 3 is 2.25 bits per heavy atom. The van der Waals surface area contributed by atoms with Crippen molar-refractivity contribution >= 4 is 33.2 Å². The van der Waals surface area contributed by atoms with E-state index in [-0.39, 0.29) is 11.9 Å². The Bertz CT molecular complexity index is 989. The lowest BCUT2D eigenvalue weighted by molar-refractivity contribution is -0.122. The quantitative estimate of drug-likeness (QED) is 0.754. The summed E-state index contributed by atoms with van der Waals surface area (Å²) in [4.78, 5) is 12.9. The van der Waals surface area contributed by atoms with Crippen LogP contribution in [-0.2, 0) is 14.8 Å². The van der Waals surface area contributed by atoms with Gasteiger partial charge < -0.3 is 5.32 Å². The molecule has 7 heteroatoms. The number of rotatable bonds is 6. The van der Waals surface area contributed by atoms with Gasteiger partial charge in [0, 0.05) is 5.02 Å². The molecule has 0 aliphatic heterocycles. The van der Waals surface area contributed by atoms with Crippen molar-refractivity contribution in [1.29, 1.82) is 0 Å². The molecule has 0 radical (unpaired) electrons. The van der Waals surface area contributed by atoms with Crippen molar-refractivity contribution in [2.45, 2.75) is 46.7 Å². The molecule has 0 spiro atoms. The summed E-state index contributed by atoms with van der Waals surface area (Å²) in [6.45, 7) is 9.25. The monoisotopic (exact) mass is 422 g/mol. The molecule has 0 bridgehead atoms. The summed E-state index contributed by atoms with van der Waals surface area (Å²) >= 11 is 6.07. The standard InChI is InChI=1S/C21H27ClN2O3S/c1-13-7-10-19(15(3)11-13)16(4)23-21(25)17(5)24(28(6,26)27)20-12-18(22)9-8-14(20)2/h7-12,16-17H,1-6H3,(H,23,25)/t16-,17+/m0/s1. The van der Waals surface area contributed by atoms with Crippen LogP contribution in [0.2, 0.25) is 5.02 Å². The summed E-state index contributed by atoms with van der Waals surface area (Å²) in [5.74, 6) is -0.378. The third-order valence-electron chi connectivity index (χ3n) is 4.75. The molecule has 152 valence electrons. The van der Waals surface area contributed by atoms with Crippen LogP contribution in [0.5, 0.6) is 0 Å². The third kappa shape index (κ3) is 5.06. The van der Waals surface area contributed by atoms with Gasteiger partial charge >= 0.3 is 0 Å². The molecule has 0 aliphatic carbocycles. The van der Waals surface area contributed by atoms with Gasteiger partial charge in [0.25, 0.3) is 0 Å². The van der Waals surface area contributed by atoms with Gasteiger partial charge in [-0.1, -0.05) is 41.4 Å². The van der Waals surface area contributed by atoms with E-state index in [4.69, 9.17) is 11.6 Å². The number of aryl methyl sites for hydroxylation is 3. The minimum atomic E-state index is -3.70. The number of sulfonamides is 1. The van der Waals surface area contributed by atoms with Crippen LogP contribution in [0.3, 0.4) is 0 Å². The molecule has 0 saturated carbocycles. The Morgan fingerprint density at radius 1 is 1.04 bits per heavy atom. The highest BCUT2D eigenvalue weighted by Gasteiger charge is 2.31. The molecule has 5 nitrogen and oxygen atoms in total. The molecule has 0 fully saturated rings. The molecule has 0 saturated heterocycles. The lowest BCUT2D eigenvalue weighted by Gasteiger charge is -2.30. The number of halogens is 1. The van der Waals surface area contributed by atoms with E-state index >= 15 is 0 Å². The Morgan fingerprint density at radius 2 is 1.68 bits per heavy atom. The van der Waals surface area contributed by atoms with Gasteiger partial charge in [0.2, 0.25) is 15.9 Å². The van der Waals surface area contributed by atoms with Crippen LogP contribution in [0.15, 0.2) is 36.4 Å². The fourth-order valence-corrected chi connectivity index (χ4v) is 4.71. The van der Waals surface area contributed by atoms with Crippen molar-refractivity contribution < 1.29 is 13.2 Å². The number of benzene rings is 2. The van der Waals surface area contributed by atoms with Crippen molar-refractivity contribution in [3.63, 3.8) is 0 Å². The number of carbonyl (C=O) groups excluding carboxylic acids is 1. The fraction of sp³-hybridized carbons (Fsp3) is 0.381. The topological polar surface area (TPSA) is 66.5 Å². The summed E-state index contributed by atoms with van der Waals surface area (Å²) in [6, 6.07) is 9.83. The molecular weight excluding hydrogens is 396 g/mol.